The van der Waals surface area contributed by atoms with Crippen LogP contribution in [0.3, 0.4) is 0 Å². The summed E-state index contributed by atoms with van der Waals surface area (Å²) in [5, 5.41) is 8.22. The molecule has 1 saturated heterocycles. The quantitative estimate of drug-likeness (QED) is 0.650. The second kappa shape index (κ2) is 8.79. The van der Waals surface area contributed by atoms with Crippen molar-refractivity contribution >= 4 is 17.7 Å². The molecular formula is C18H32N4OS. The van der Waals surface area contributed by atoms with Crippen molar-refractivity contribution in [1.82, 2.24) is 15.4 Å². The van der Waals surface area contributed by atoms with Crippen LogP contribution in [0.25, 0.3) is 0 Å². The highest BCUT2D eigenvalue weighted by atomic mass is 32.2. The Bertz CT molecular complexity index is 536. The van der Waals surface area contributed by atoms with E-state index in [4.69, 9.17) is 9.52 Å². The molecule has 2 unspecified atom stereocenters. The summed E-state index contributed by atoms with van der Waals surface area (Å²) in [5.41, 5.74) is 2.18. The van der Waals surface area contributed by atoms with E-state index in [0.717, 1.165) is 43.6 Å². The second-order valence-corrected chi connectivity index (χ2v) is 8.28. The molecule has 1 N–H and O–H groups in total. The number of nitrogens with one attached hydrogen (secondary N) is 1. The molecule has 0 aromatic carbocycles. The van der Waals surface area contributed by atoms with Crippen LogP contribution in [0, 0.1) is 19.8 Å². The molecular weight excluding hydrogens is 320 g/mol. The fourth-order valence-electron chi connectivity index (χ4n) is 3.21. The van der Waals surface area contributed by atoms with E-state index in [0.29, 0.717) is 17.1 Å². The maximum Gasteiger partial charge on any atom is 0.193 e. The molecule has 1 fully saturated rings. The normalized spacial score (nSPS) is 20.5. The topological polar surface area (TPSA) is 53.7 Å². The minimum Gasteiger partial charge on any atom is -0.361 e. The maximum absolute atomic E-state index is 5.30. The van der Waals surface area contributed by atoms with Gasteiger partial charge in [0.2, 0.25) is 0 Å². The lowest BCUT2D eigenvalue weighted by atomic mass is 10.00. The van der Waals surface area contributed by atoms with Crippen molar-refractivity contribution in [2.24, 2.45) is 10.9 Å². The van der Waals surface area contributed by atoms with E-state index in [-0.39, 0.29) is 0 Å². The Kier molecular flexibility index (Phi) is 7.02. The Morgan fingerprint density at radius 1 is 1.42 bits per heavy atom. The lowest BCUT2D eigenvalue weighted by Gasteiger charge is -2.36. The van der Waals surface area contributed by atoms with Crippen molar-refractivity contribution < 1.29 is 4.52 Å². The Balaban J connectivity index is 2.07. The molecule has 2 heterocycles. The van der Waals surface area contributed by atoms with Crippen LogP contribution in [-0.2, 0) is 0 Å². The largest absolute Gasteiger partial charge is 0.361 e. The van der Waals surface area contributed by atoms with Gasteiger partial charge in [-0.1, -0.05) is 25.9 Å². The van der Waals surface area contributed by atoms with Gasteiger partial charge in [0.25, 0.3) is 0 Å². The van der Waals surface area contributed by atoms with Gasteiger partial charge in [-0.2, -0.15) is 11.8 Å². The van der Waals surface area contributed by atoms with Crippen molar-refractivity contribution in [2.75, 3.05) is 31.9 Å². The zero-order valence-electron chi connectivity index (χ0n) is 15.9. The Morgan fingerprint density at radius 2 is 2.17 bits per heavy atom. The van der Waals surface area contributed by atoms with Crippen LogP contribution in [0.4, 0.5) is 0 Å². The number of aliphatic imine (C=N–C) groups is 1. The Hall–Kier alpha value is -1.17. The van der Waals surface area contributed by atoms with E-state index in [9.17, 15) is 0 Å². The minimum atomic E-state index is 0.310. The summed E-state index contributed by atoms with van der Waals surface area (Å²) in [6.07, 6.45) is 0. The van der Waals surface area contributed by atoms with Gasteiger partial charge in [-0.3, -0.25) is 4.99 Å². The molecule has 1 aromatic heterocycles. The molecule has 1 aliphatic heterocycles. The summed E-state index contributed by atoms with van der Waals surface area (Å²) >= 11 is 2.09. The summed E-state index contributed by atoms with van der Waals surface area (Å²) in [4.78, 5) is 7.34. The zero-order chi connectivity index (χ0) is 17.7. The van der Waals surface area contributed by atoms with Crippen LogP contribution in [0.15, 0.2) is 9.52 Å². The Morgan fingerprint density at radius 3 is 2.75 bits per heavy atom. The SMILES string of the molecule is CCNC(=NCC(C)c1c(C)noc1C)N1CCSC(C(C)C)C1. The van der Waals surface area contributed by atoms with Gasteiger partial charge < -0.3 is 14.7 Å². The molecule has 0 bridgehead atoms. The number of thioether (sulfide) groups is 1. The van der Waals surface area contributed by atoms with Gasteiger partial charge in [0.1, 0.15) is 5.76 Å². The van der Waals surface area contributed by atoms with Crippen molar-refractivity contribution in [1.29, 1.82) is 0 Å². The fourth-order valence-corrected chi connectivity index (χ4v) is 4.50. The van der Waals surface area contributed by atoms with Crippen LogP contribution in [-0.4, -0.2) is 53.2 Å². The van der Waals surface area contributed by atoms with Gasteiger partial charge in [-0.15, -0.1) is 0 Å². The number of aromatic nitrogens is 1. The summed E-state index contributed by atoms with van der Waals surface area (Å²) in [5.74, 6) is 4.13. The molecule has 0 saturated carbocycles. The van der Waals surface area contributed by atoms with Gasteiger partial charge in [0.15, 0.2) is 5.96 Å². The van der Waals surface area contributed by atoms with Gasteiger partial charge >= 0.3 is 0 Å². The zero-order valence-corrected chi connectivity index (χ0v) is 16.7. The van der Waals surface area contributed by atoms with Gasteiger partial charge in [0.05, 0.1) is 5.69 Å². The first-order chi connectivity index (χ1) is 11.4. The lowest BCUT2D eigenvalue weighted by molar-refractivity contribution is 0.380. The summed E-state index contributed by atoms with van der Waals surface area (Å²) < 4.78 is 5.30. The molecule has 2 rings (SSSR count). The lowest BCUT2D eigenvalue weighted by Crippen LogP contribution is -2.49. The summed E-state index contributed by atoms with van der Waals surface area (Å²) in [7, 11) is 0. The maximum atomic E-state index is 5.30. The highest BCUT2D eigenvalue weighted by molar-refractivity contribution is 8.00. The van der Waals surface area contributed by atoms with Crippen molar-refractivity contribution in [3.63, 3.8) is 0 Å². The monoisotopic (exact) mass is 352 g/mol. The van der Waals surface area contributed by atoms with Gasteiger partial charge in [0, 0.05) is 48.7 Å². The molecule has 0 spiro atoms. The third-order valence-corrected chi connectivity index (χ3v) is 6.11. The highest BCUT2D eigenvalue weighted by Crippen LogP contribution is 2.26. The number of guanidine groups is 1. The predicted molar refractivity (Wildman–Crippen MR) is 103 cm³/mol. The molecule has 6 heteroatoms. The number of nitrogens with zero attached hydrogens (tertiary/aromatic N) is 3. The summed E-state index contributed by atoms with van der Waals surface area (Å²) in [6.45, 7) is 16.7. The standard InChI is InChI=1S/C18H32N4OS/c1-7-19-18(22-8-9-24-16(11-22)12(2)3)20-10-13(4)17-14(5)21-23-15(17)6/h12-13,16H,7-11H2,1-6H3,(H,19,20). The van der Waals surface area contributed by atoms with Gasteiger partial charge in [-0.05, 0) is 26.7 Å². The third kappa shape index (κ3) is 4.68. The molecule has 0 radical (unpaired) electrons. The number of hydrogen-bond acceptors (Lipinski definition) is 4. The molecule has 0 aliphatic carbocycles. The van der Waals surface area contributed by atoms with E-state index in [2.05, 4.69) is 54.8 Å². The number of rotatable bonds is 5. The molecule has 136 valence electrons. The summed E-state index contributed by atoms with van der Waals surface area (Å²) in [6, 6.07) is 0. The van der Waals surface area contributed by atoms with Crippen molar-refractivity contribution in [2.45, 2.75) is 52.7 Å². The first-order valence-corrected chi connectivity index (χ1v) is 10.1. The van der Waals surface area contributed by atoms with Crippen LogP contribution in [0.5, 0.6) is 0 Å². The number of aryl methyl sites for hydroxylation is 2. The molecule has 5 nitrogen and oxygen atoms in total. The van der Waals surface area contributed by atoms with Crippen LogP contribution in [0.2, 0.25) is 0 Å². The smallest absolute Gasteiger partial charge is 0.193 e. The minimum absolute atomic E-state index is 0.310. The van der Waals surface area contributed by atoms with Crippen molar-refractivity contribution in [3.05, 3.63) is 17.0 Å². The molecule has 2 atom stereocenters. The number of hydrogen-bond donors (Lipinski definition) is 1. The first-order valence-electron chi connectivity index (χ1n) is 9.01. The van der Waals surface area contributed by atoms with Crippen molar-refractivity contribution in [3.8, 4) is 0 Å². The van der Waals surface area contributed by atoms with Crippen LogP contribution in [0.1, 0.15) is 50.6 Å². The van der Waals surface area contributed by atoms with E-state index >= 15 is 0 Å². The molecule has 1 aromatic rings. The van der Waals surface area contributed by atoms with E-state index in [1.165, 1.54) is 11.3 Å². The average molecular weight is 353 g/mol. The first kappa shape index (κ1) is 19.2. The molecule has 1 aliphatic rings. The highest BCUT2D eigenvalue weighted by Gasteiger charge is 2.25. The second-order valence-electron chi connectivity index (χ2n) is 6.93. The third-order valence-electron chi connectivity index (χ3n) is 4.57. The van der Waals surface area contributed by atoms with E-state index in [1.54, 1.807) is 0 Å². The predicted octanol–water partition coefficient (Wildman–Crippen LogP) is 3.43. The van der Waals surface area contributed by atoms with Gasteiger partial charge in [-0.25, -0.2) is 0 Å². The molecule has 24 heavy (non-hydrogen) atoms. The van der Waals surface area contributed by atoms with Crippen LogP contribution < -0.4 is 5.32 Å². The van der Waals surface area contributed by atoms with Crippen LogP contribution >= 0.6 is 11.8 Å². The molecule has 0 amide bonds. The van der Waals surface area contributed by atoms with E-state index < -0.39 is 0 Å². The fraction of sp³-hybridized carbons (Fsp3) is 0.778. The Labute approximate surface area is 150 Å². The van der Waals surface area contributed by atoms with E-state index in [1.807, 2.05) is 13.8 Å². The average Bonchev–Trinajstić information content (AvgIpc) is 2.90.